The minimum absolute atomic E-state index is 0.704. The van der Waals surface area contributed by atoms with Crippen molar-refractivity contribution in [3.8, 4) is 0 Å². The van der Waals surface area contributed by atoms with Crippen LogP contribution in [0.1, 0.15) is 47.5 Å². The summed E-state index contributed by atoms with van der Waals surface area (Å²) in [7, 11) is 2.10. The van der Waals surface area contributed by atoms with Gasteiger partial charge in [0.15, 0.2) is 0 Å². The van der Waals surface area contributed by atoms with Gasteiger partial charge in [-0.3, -0.25) is 4.90 Å². The lowest BCUT2D eigenvalue weighted by Gasteiger charge is -2.47. The van der Waals surface area contributed by atoms with Crippen LogP contribution in [0.4, 0.5) is 0 Å². The molecule has 0 spiro atoms. The number of likely N-dealkylation sites (tertiary alicyclic amines) is 1. The van der Waals surface area contributed by atoms with E-state index < -0.39 is 0 Å². The maximum Gasteiger partial charge on any atom is 0.0117 e. The van der Waals surface area contributed by atoms with Crippen LogP contribution in [-0.2, 0) is 0 Å². The van der Waals surface area contributed by atoms with E-state index in [0.29, 0.717) is 12.1 Å². The summed E-state index contributed by atoms with van der Waals surface area (Å²) in [6, 6.07) is 2.13. The van der Waals surface area contributed by atoms with Crippen molar-refractivity contribution in [3.63, 3.8) is 0 Å². The summed E-state index contributed by atoms with van der Waals surface area (Å²) < 4.78 is 0. The van der Waals surface area contributed by atoms with Crippen LogP contribution in [0.25, 0.3) is 0 Å². The van der Waals surface area contributed by atoms with Crippen LogP contribution < -0.4 is 5.32 Å². The Morgan fingerprint density at radius 2 is 1.94 bits per heavy atom. The summed E-state index contributed by atoms with van der Waals surface area (Å²) >= 11 is 0. The third kappa shape index (κ3) is 2.78. The first-order valence-corrected chi connectivity index (χ1v) is 6.95. The molecule has 2 heteroatoms. The van der Waals surface area contributed by atoms with Crippen molar-refractivity contribution in [3.05, 3.63) is 0 Å². The molecule has 0 aromatic rings. The van der Waals surface area contributed by atoms with Gasteiger partial charge in [-0.25, -0.2) is 0 Å². The molecule has 0 aliphatic carbocycles. The van der Waals surface area contributed by atoms with Crippen LogP contribution in [0.5, 0.6) is 0 Å². The van der Waals surface area contributed by atoms with E-state index in [9.17, 15) is 0 Å². The van der Waals surface area contributed by atoms with Crippen molar-refractivity contribution in [2.45, 2.75) is 65.6 Å². The summed E-state index contributed by atoms with van der Waals surface area (Å²) in [6.45, 7) is 13.1. The topological polar surface area (TPSA) is 15.3 Å². The van der Waals surface area contributed by atoms with Crippen LogP contribution in [0.15, 0.2) is 0 Å². The van der Waals surface area contributed by atoms with Gasteiger partial charge in [-0.1, -0.05) is 27.2 Å². The van der Waals surface area contributed by atoms with E-state index in [1.807, 2.05) is 0 Å². The summed E-state index contributed by atoms with van der Waals surface area (Å²) in [6.07, 6.45) is 2.58. The molecular weight excluding hydrogens is 196 g/mol. The molecule has 1 aliphatic heterocycles. The molecule has 5 atom stereocenters. The van der Waals surface area contributed by atoms with E-state index in [1.54, 1.807) is 0 Å². The summed E-state index contributed by atoms with van der Waals surface area (Å²) in [4.78, 5) is 2.71. The van der Waals surface area contributed by atoms with Crippen molar-refractivity contribution in [2.24, 2.45) is 11.8 Å². The van der Waals surface area contributed by atoms with Crippen LogP contribution in [0.3, 0.4) is 0 Å². The first-order chi connectivity index (χ1) is 7.52. The van der Waals surface area contributed by atoms with Gasteiger partial charge in [-0.2, -0.15) is 0 Å². The molecule has 0 radical (unpaired) electrons. The molecule has 1 heterocycles. The zero-order chi connectivity index (χ0) is 12.3. The first kappa shape index (κ1) is 14.0. The van der Waals surface area contributed by atoms with Crippen LogP contribution in [0.2, 0.25) is 0 Å². The summed E-state index contributed by atoms with van der Waals surface area (Å²) in [5, 5.41) is 3.46. The highest BCUT2D eigenvalue weighted by Crippen LogP contribution is 2.28. The third-order valence-electron chi connectivity index (χ3n) is 4.98. The normalized spacial score (nSPS) is 36.0. The second kappa shape index (κ2) is 6.02. The van der Waals surface area contributed by atoms with Gasteiger partial charge in [-0.15, -0.1) is 0 Å². The van der Waals surface area contributed by atoms with Gasteiger partial charge in [-0.05, 0) is 39.2 Å². The lowest BCUT2D eigenvalue weighted by atomic mass is 9.84. The standard InChI is InChI=1S/C14H30N2/c1-7-10(2)12(4)16-9-8-14(15-6)11(3)13(16)5/h10-15H,7-9H2,1-6H3. The molecule has 96 valence electrons. The van der Waals surface area contributed by atoms with Crippen LogP contribution in [-0.4, -0.2) is 36.6 Å². The van der Waals surface area contributed by atoms with E-state index in [4.69, 9.17) is 0 Å². The van der Waals surface area contributed by atoms with Gasteiger partial charge in [0.1, 0.15) is 0 Å². The van der Waals surface area contributed by atoms with E-state index in [0.717, 1.165) is 17.9 Å². The maximum absolute atomic E-state index is 3.46. The Bertz CT molecular complexity index is 205. The van der Waals surface area contributed by atoms with Crippen molar-refractivity contribution in [1.82, 2.24) is 10.2 Å². The summed E-state index contributed by atoms with van der Waals surface area (Å²) in [5.74, 6) is 1.56. The molecule has 0 bridgehead atoms. The SMILES string of the molecule is CCC(C)C(C)N1CCC(NC)C(C)C1C. The fourth-order valence-corrected chi connectivity index (χ4v) is 3.04. The number of rotatable bonds is 4. The summed E-state index contributed by atoms with van der Waals surface area (Å²) in [5.41, 5.74) is 0. The quantitative estimate of drug-likeness (QED) is 0.793. The highest BCUT2D eigenvalue weighted by molar-refractivity contribution is 4.90. The Morgan fingerprint density at radius 1 is 1.31 bits per heavy atom. The average molecular weight is 226 g/mol. The van der Waals surface area contributed by atoms with Gasteiger partial charge >= 0.3 is 0 Å². The van der Waals surface area contributed by atoms with Crippen LogP contribution in [0, 0.1) is 11.8 Å². The number of nitrogens with one attached hydrogen (secondary N) is 1. The monoisotopic (exact) mass is 226 g/mol. The van der Waals surface area contributed by atoms with Crippen molar-refractivity contribution < 1.29 is 0 Å². The third-order valence-corrected chi connectivity index (χ3v) is 4.98. The second-order valence-corrected chi connectivity index (χ2v) is 5.65. The highest BCUT2D eigenvalue weighted by Gasteiger charge is 2.34. The lowest BCUT2D eigenvalue weighted by Crippen LogP contribution is -2.56. The van der Waals surface area contributed by atoms with E-state index in [1.165, 1.54) is 19.4 Å². The Hall–Kier alpha value is -0.0800. The van der Waals surface area contributed by atoms with Gasteiger partial charge < -0.3 is 5.32 Å². The Labute approximate surface area is 102 Å². The first-order valence-electron chi connectivity index (χ1n) is 6.95. The van der Waals surface area contributed by atoms with Crippen molar-refractivity contribution in [2.75, 3.05) is 13.6 Å². The maximum atomic E-state index is 3.46. The average Bonchev–Trinajstić information content (AvgIpc) is 2.30. The number of piperidine rings is 1. The molecule has 1 N–H and O–H groups in total. The molecule has 1 fully saturated rings. The zero-order valence-corrected chi connectivity index (χ0v) is 12.0. The second-order valence-electron chi connectivity index (χ2n) is 5.65. The van der Waals surface area contributed by atoms with E-state index in [2.05, 4.69) is 51.9 Å². The molecule has 1 rings (SSSR count). The molecule has 0 aromatic carbocycles. The Morgan fingerprint density at radius 3 is 2.44 bits per heavy atom. The van der Waals surface area contributed by atoms with Gasteiger partial charge in [0.05, 0.1) is 0 Å². The largest absolute Gasteiger partial charge is 0.317 e. The number of hydrogen-bond donors (Lipinski definition) is 1. The molecule has 1 aliphatic rings. The predicted molar refractivity (Wildman–Crippen MR) is 71.7 cm³/mol. The highest BCUT2D eigenvalue weighted by atomic mass is 15.2. The van der Waals surface area contributed by atoms with Crippen molar-refractivity contribution in [1.29, 1.82) is 0 Å². The molecule has 0 saturated carbocycles. The molecular formula is C14H30N2. The molecule has 5 unspecified atom stereocenters. The van der Waals surface area contributed by atoms with Crippen LogP contribution >= 0.6 is 0 Å². The molecule has 0 amide bonds. The van der Waals surface area contributed by atoms with Gasteiger partial charge in [0, 0.05) is 24.7 Å². The Balaban J connectivity index is 2.63. The lowest BCUT2D eigenvalue weighted by molar-refractivity contribution is 0.0343. The minimum atomic E-state index is 0.704. The molecule has 0 aromatic heterocycles. The minimum Gasteiger partial charge on any atom is -0.317 e. The fourth-order valence-electron chi connectivity index (χ4n) is 3.04. The smallest absolute Gasteiger partial charge is 0.0117 e. The van der Waals surface area contributed by atoms with Gasteiger partial charge in [0.2, 0.25) is 0 Å². The number of hydrogen-bond acceptors (Lipinski definition) is 2. The van der Waals surface area contributed by atoms with Crippen molar-refractivity contribution >= 4 is 0 Å². The van der Waals surface area contributed by atoms with E-state index >= 15 is 0 Å². The molecule has 1 saturated heterocycles. The predicted octanol–water partition coefficient (Wildman–Crippen LogP) is 2.74. The molecule has 16 heavy (non-hydrogen) atoms. The zero-order valence-electron chi connectivity index (χ0n) is 12.0. The fraction of sp³-hybridized carbons (Fsp3) is 1.00. The Kier molecular flexibility index (Phi) is 5.26. The van der Waals surface area contributed by atoms with E-state index in [-0.39, 0.29) is 0 Å². The molecule has 2 nitrogen and oxygen atoms in total. The van der Waals surface area contributed by atoms with Gasteiger partial charge in [0.25, 0.3) is 0 Å². The number of nitrogens with zero attached hydrogens (tertiary/aromatic N) is 1.